The summed E-state index contributed by atoms with van der Waals surface area (Å²) in [6.45, 7) is 5.95. The van der Waals surface area contributed by atoms with Crippen molar-refractivity contribution in [3.63, 3.8) is 0 Å². The summed E-state index contributed by atoms with van der Waals surface area (Å²) in [6, 6.07) is 0. The van der Waals surface area contributed by atoms with Crippen LogP contribution in [0, 0.1) is 5.92 Å². The van der Waals surface area contributed by atoms with Crippen LogP contribution in [0.3, 0.4) is 0 Å². The van der Waals surface area contributed by atoms with Gasteiger partial charge in [0, 0.05) is 31.9 Å². The van der Waals surface area contributed by atoms with Gasteiger partial charge in [0.1, 0.15) is 5.82 Å². The summed E-state index contributed by atoms with van der Waals surface area (Å²) < 4.78 is 2.12. The first-order chi connectivity index (χ1) is 5.74. The summed E-state index contributed by atoms with van der Waals surface area (Å²) in [7, 11) is 0. The predicted molar refractivity (Wildman–Crippen MR) is 49.8 cm³/mol. The molecule has 0 unspecified atom stereocenters. The van der Waals surface area contributed by atoms with Crippen LogP contribution in [0.25, 0.3) is 0 Å². The van der Waals surface area contributed by atoms with E-state index in [1.165, 1.54) is 0 Å². The van der Waals surface area contributed by atoms with Crippen molar-refractivity contribution >= 4 is 0 Å². The molecule has 0 saturated heterocycles. The highest BCUT2D eigenvalue weighted by atomic mass is 15.1. The molecule has 0 aliphatic carbocycles. The molecule has 3 heteroatoms. The topological polar surface area (TPSA) is 43.8 Å². The Morgan fingerprint density at radius 3 is 2.92 bits per heavy atom. The quantitative estimate of drug-likeness (QED) is 0.728. The van der Waals surface area contributed by atoms with Gasteiger partial charge < -0.3 is 10.3 Å². The average Bonchev–Trinajstić information content (AvgIpc) is 2.37. The molecule has 1 aromatic rings. The molecular weight excluding hydrogens is 150 g/mol. The fourth-order valence-corrected chi connectivity index (χ4v) is 1.24. The average molecular weight is 167 g/mol. The van der Waals surface area contributed by atoms with E-state index < -0.39 is 0 Å². The number of nitrogens with zero attached hydrogens (tertiary/aromatic N) is 2. The van der Waals surface area contributed by atoms with Crippen LogP contribution in [0.4, 0.5) is 0 Å². The molecular formula is C9H17N3. The zero-order chi connectivity index (χ0) is 8.97. The van der Waals surface area contributed by atoms with Crippen molar-refractivity contribution in [2.45, 2.75) is 26.8 Å². The van der Waals surface area contributed by atoms with E-state index in [0.29, 0.717) is 12.5 Å². The van der Waals surface area contributed by atoms with Crippen LogP contribution in [0.15, 0.2) is 12.4 Å². The van der Waals surface area contributed by atoms with Crippen LogP contribution in [-0.2, 0) is 13.0 Å². The second-order valence-corrected chi connectivity index (χ2v) is 3.42. The molecule has 68 valence electrons. The van der Waals surface area contributed by atoms with Crippen molar-refractivity contribution in [2.24, 2.45) is 11.7 Å². The molecule has 1 aromatic heterocycles. The van der Waals surface area contributed by atoms with Gasteiger partial charge in [-0.1, -0.05) is 13.8 Å². The smallest absolute Gasteiger partial charge is 0.108 e. The normalized spacial score (nSPS) is 11.0. The van der Waals surface area contributed by atoms with E-state index >= 15 is 0 Å². The Bertz CT molecular complexity index is 227. The van der Waals surface area contributed by atoms with E-state index in [2.05, 4.69) is 23.4 Å². The van der Waals surface area contributed by atoms with Gasteiger partial charge in [-0.2, -0.15) is 0 Å². The van der Waals surface area contributed by atoms with E-state index in [9.17, 15) is 0 Å². The van der Waals surface area contributed by atoms with Crippen LogP contribution in [-0.4, -0.2) is 16.1 Å². The van der Waals surface area contributed by atoms with Crippen LogP contribution in [0.5, 0.6) is 0 Å². The molecule has 0 saturated carbocycles. The van der Waals surface area contributed by atoms with Crippen molar-refractivity contribution < 1.29 is 0 Å². The molecule has 1 heterocycles. The van der Waals surface area contributed by atoms with Gasteiger partial charge in [-0.05, 0) is 5.92 Å². The van der Waals surface area contributed by atoms with Crippen LogP contribution >= 0.6 is 0 Å². The molecule has 0 aliphatic heterocycles. The molecule has 0 bridgehead atoms. The molecule has 0 spiro atoms. The minimum absolute atomic E-state index is 0.656. The minimum atomic E-state index is 0.656. The highest BCUT2D eigenvalue weighted by Crippen LogP contribution is 2.05. The van der Waals surface area contributed by atoms with Gasteiger partial charge in [-0.25, -0.2) is 4.98 Å². The lowest BCUT2D eigenvalue weighted by Crippen LogP contribution is -2.13. The van der Waals surface area contributed by atoms with Gasteiger partial charge in [0.05, 0.1) is 0 Å². The minimum Gasteiger partial charge on any atom is -0.334 e. The Kier molecular flexibility index (Phi) is 3.29. The van der Waals surface area contributed by atoms with Crippen molar-refractivity contribution in [1.29, 1.82) is 0 Å². The number of aromatic nitrogens is 2. The molecule has 0 amide bonds. The standard InChI is InChI=1S/C9H17N3/c1-8(2)7-9-11-4-6-12(9)5-3-10/h4,6,8H,3,5,7,10H2,1-2H3. The molecule has 0 atom stereocenters. The van der Waals surface area contributed by atoms with Crippen LogP contribution in [0.1, 0.15) is 19.7 Å². The molecule has 0 aliphatic rings. The van der Waals surface area contributed by atoms with Crippen molar-refractivity contribution in [1.82, 2.24) is 9.55 Å². The predicted octanol–water partition coefficient (Wildman–Crippen LogP) is 1.04. The lowest BCUT2D eigenvalue weighted by atomic mass is 10.1. The number of hydrogen-bond donors (Lipinski definition) is 1. The highest BCUT2D eigenvalue weighted by Gasteiger charge is 2.03. The van der Waals surface area contributed by atoms with Gasteiger partial charge >= 0.3 is 0 Å². The maximum Gasteiger partial charge on any atom is 0.108 e. The van der Waals surface area contributed by atoms with E-state index in [1.54, 1.807) is 0 Å². The molecule has 2 N–H and O–H groups in total. The summed E-state index contributed by atoms with van der Waals surface area (Å²) in [4.78, 5) is 4.28. The van der Waals surface area contributed by atoms with Gasteiger partial charge in [0.15, 0.2) is 0 Å². The first kappa shape index (κ1) is 9.26. The second-order valence-electron chi connectivity index (χ2n) is 3.42. The fraction of sp³-hybridized carbons (Fsp3) is 0.667. The first-order valence-corrected chi connectivity index (χ1v) is 4.44. The van der Waals surface area contributed by atoms with E-state index in [-0.39, 0.29) is 0 Å². The lowest BCUT2D eigenvalue weighted by Gasteiger charge is -2.07. The van der Waals surface area contributed by atoms with Gasteiger partial charge in [0.2, 0.25) is 0 Å². The van der Waals surface area contributed by atoms with E-state index in [4.69, 9.17) is 5.73 Å². The maximum atomic E-state index is 5.47. The summed E-state index contributed by atoms with van der Waals surface area (Å²) in [5, 5.41) is 0. The van der Waals surface area contributed by atoms with Crippen LogP contribution < -0.4 is 5.73 Å². The SMILES string of the molecule is CC(C)Cc1nccn1CCN. The Balaban J connectivity index is 2.63. The summed E-state index contributed by atoms with van der Waals surface area (Å²) in [6.07, 6.45) is 4.87. The fourth-order valence-electron chi connectivity index (χ4n) is 1.24. The molecule has 1 rings (SSSR count). The van der Waals surface area contributed by atoms with E-state index in [1.807, 2.05) is 12.4 Å². The first-order valence-electron chi connectivity index (χ1n) is 4.44. The number of rotatable bonds is 4. The third kappa shape index (κ3) is 2.34. The van der Waals surface area contributed by atoms with Crippen LogP contribution in [0.2, 0.25) is 0 Å². The zero-order valence-electron chi connectivity index (χ0n) is 7.83. The second kappa shape index (κ2) is 4.26. The third-order valence-electron chi connectivity index (χ3n) is 1.76. The third-order valence-corrected chi connectivity index (χ3v) is 1.76. The Morgan fingerprint density at radius 2 is 2.33 bits per heavy atom. The summed E-state index contributed by atoms with van der Waals surface area (Å²) >= 11 is 0. The maximum absolute atomic E-state index is 5.47. The molecule has 0 aromatic carbocycles. The van der Waals surface area contributed by atoms with Gasteiger partial charge in [-0.3, -0.25) is 0 Å². The molecule has 3 nitrogen and oxygen atoms in total. The largest absolute Gasteiger partial charge is 0.334 e. The number of imidazole rings is 1. The van der Waals surface area contributed by atoms with Crippen molar-refractivity contribution in [3.8, 4) is 0 Å². The van der Waals surface area contributed by atoms with Gasteiger partial charge in [-0.15, -0.1) is 0 Å². The number of hydrogen-bond acceptors (Lipinski definition) is 2. The Labute approximate surface area is 73.6 Å². The summed E-state index contributed by atoms with van der Waals surface area (Å²) in [5.41, 5.74) is 5.47. The monoisotopic (exact) mass is 167 g/mol. The van der Waals surface area contributed by atoms with Crippen molar-refractivity contribution in [3.05, 3.63) is 18.2 Å². The Hall–Kier alpha value is -0.830. The Morgan fingerprint density at radius 1 is 1.58 bits per heavy atom. The molecule has 0 radical (unpaired) electrons. The number of nitrogens with two attached hydrogens (primary N) is 1. The molecule has 12 heavy (non-hydrogen) atoms. The van der Waals surface area contributed by atoms with Gasteiger partial charge in [0.25, 0.3) is 0 Å². The van der Waals surface area contributed by atoms with Crippen molar-refractivity contribution in [2.75, 3.05) is 6.54 Å². The van der Waals surface area contributed by atoms with E-state index in [0.717, 1.165) is 18.8 Å². The highest BCUT2D eigenvalue weighted by molar-refractivity contribution is 4.93. The molecule has 0 fully saturated rings. The summed E-state index contributed by atoms with van der Waals surface area (Å²) in [5.74, 6) is 1.80. The zero-order valence-corrected chi connectivity index (χ0v) is 7.83. The lowest BCUT2D eigenvalue weighted by molar-refractivity contribution is 0.575.